The van der Waals surface area contributed by atoms with E-state index in [1.165, 1.54) is 5.69 Å². The molecule has 0 aliphatic carbocycles. The lowest BCUT2D eigenvalue weighted by Crippen LogP contribution is -2.18. The van der Waals surface area contributed by atoms with Crippen LogP contribution in [0.2, 0.25) is 0 Å². The third-order valence-corrected chi connectivity index (χ3v) is 4.24. The van der Waals surface area contributed by atoms with E-state index in [0.29, 0.717) is 0 Å². The summed E-state index contributed by atoms with van der Waals surface area (Å²) in [5.41, 5.74) is 1.20. The minimum Gasteiger partial charge on any atom is -0.333 e. The molecule has 0 saturated carbocycles. The molecule has 0 bridgehead atoms. The Kier molecular flexibility index (Phi) is 6.44. The van der Waals surface area contributed by atoms with Crippen molar-refractivity contribution in [1.29, 1.82) is 0 Å². The maximum Gasteiger partial charge on any atom is 0.0948 e. The highest BCUT2D eigenvalue weighted by atomic mass is 32.2. The van der Waals surface area contributed by atoms with Gasteiger partial charge in [0, 0.05) is 41.6 Å². The van der Waals surface area contributed by atoms with Crippen molar-refractivity contribution in [3.63, 3.8) is 0 Å². The molecule has 0 aliphatic heterocycles. The average molecular weight is 257 g/mol. The van der Waals surface area contributed by atoms with Crippen LogP contribution in [0, 0.1) is 0 Å². The fourth-order valence-corrected chi connectivity index (χ4v) is 2.01. The van der Waals surface area contributed by atoms with Crippen molar-refractivity contribution in [2.75, 3.05) is 12.8 Å². The van der Waals surface area contributed by atoms with Gasteiger partial charge in [-0.3, -0.25) is 4.21 Å². The van der Waals surface area contributed by atoms with Gasteiger partial charge < -0.3 is 9.88 Å². The Morgan fingerprint density at radius 1 is 1.59 bits per heavy atom. The Morgan fingerprint density at radius 2 is 2.35 bits per heavy atom. The summed E-state index contributed by atoms with van der Waals surface area (Å²) in [7, 11) is -0.735. The average Bonchev–Trinajstić information content (AvgIpc) is 2.74. The van der Waals surface area contributed by atoms with Crippen molar-refractivity contribution in [3.8, 4) is 0 Å². The summed E-state index contributed by atoms with van der Waals surface area (Å²) in [4.78, 5) is 4.17. The highest BCUT2D eigenvalue weighted by molar-refractivity contribution is 7.84. The molecule has 4 nitrogen and oxygen atoms in total. The van der Waals surface area contributed by atoms with E-state index in [1.807, 2.05) is 19.4 Å². The molecule has 17 heavy (non-hydrogen) atoms. The van der Waals surface area contributed by atoms with Gasteiger partial charge in [-0.2, -0.15) is 0 Å². The largest absolute Gasteiger partial charge is 0.333 e. The second-order valence-corrected chi connectivity index (χ2v) is 6.15. The Morgan fingerprint density at radius 3 is 3.00 bits per heavy atom. The van der Waals surface area contributed by atoms with E-state index in [2.05, 4.69) is 21.8 Å². The topological polar surface area (TPSA) is 46.9 Å². The van der Waals surface area contributed by atoms with Crippen molar-refractivity contribution >= 4 is 10.8 Å². The summed E-state index contributed by atoms with van der Waals surface area (Å²) >= 11 is 0. The van der Waals surface area contributed by atoms with Gasteiger partial charge in [0.15, 0.2) is 0 Å². The molecule has 1 N–H and O–H groups in total. The van der Waals surface area contributed by atoms with Gasteiger partial charge in [0.05, 0.1) is 12.0 Å². The first kappa shape index (κ1) is 14.4. The standard InChI is InChI=1S/C12H23N3OS/c1-4-6-13-8-12-9-14-10-15(12)7-5-11(2)17(3)16/h9-11,13H,4-8H2,1-3H3. The van der Waals surface area contributed by atoms with E-state index in [4.69, 9.17) is 0 Å². The summed E-state index contributed by atoms with van der Waals surface area (Å²) in [5.74, 6) is 0. The number of aryl methyl sites for hydroxylation is 1. The minimum absolute atomic E-state index is 0.244. The monoisotopic (exact) mass is 257 g/mol. The molecule has 5 heteroatoms. The molecule has 0 saturated heterocycles. The fraction of sp³-hybridized carbons (Fsp3) is 0.750. The Labute approximate surface area is 106 Å². The van der Waals surface area contributed by atoms with Gasteiger partial charge in [0.25, 0.3) is 0 Å². The van der Waals surface area contributed by atoms with Crippen molar-refractivity contribution in [1.82, 2.24) is 14.9 Å². The van der Waals surface area contributed by atoms with E-state index in [1.54, 1.807) is 6.26 Å². The minimum atomic E-state index is -0.735. The highest BCUT2D eigenvalue weighted by Gasteiger charge is 2.07. The molecule has 1 heterocycles. The molecular formula is C12H23N3OS. The van der Waals surface area contributed by atoms with E-state index < -0.39 is 10.8 Å². The summed E-state index contributed by atoms with van der Waals surface area (Å²) in [6.45, 7) is 6.96. The summed E-state index contributed by atoms with van der Waals surface area (Å²) < 4.78 is 13.4. The van der Waals surface area contributed by atoms with E-state index in [9.17, 15) is 4.21 Å². The van der Waals surface area contributed by atoms with Crippen LogP contribution in [-0.4, -0.2) is 31.8 Å². The number of hydrogen-bond acceptors (Lipinski definition) is 3. The Hall–Kier alpha value is -0.680. The molecule has 1 aromatic rings. The van der Waals surface area contributed by atoms with Crippen molar-refractivity contribution in [3.05, 3.63) is 18.2 Å². The lowest BCUT2D eigenvalue weighted by molar-refractivity contribution is 0.576. The van der Waals surface area contributed by atoms with Crippen LogP contribution in [0.3, 0.4) is 0 Å². The van der Waals surface area contributed by atoms with Gasteiger partial charge in [-0.05, 0) is 19.4 Å². The van der Waals surface area contributed by atoms with E-state index >= 15 is 0 Å². The molecule has 0 amide bonds. The second-order valence-electron chi connectivity index (χ2n) is 4.35. The molecule has 98 valence electrons. The van der Waals surface area contributed by atoms with Gasteiger partial charge in [-0.25, -0.2) is 4.98 Å². The first-order valence-electron chi connectivity index (χ1n) is 6.17. The number of imidazole rings is 1. The maximum absolute atomic E-state index is 11.3. The molecule has 0 spiro atoms. The van der Waals surface area contributed by atoms with Crippen LogP contribution in [-0.2, 0) is 23.9 Å². The van der Waals surface area contributed by atoms with Gasteiger partial charge in [0.1, 0.15) is 0 Å². The number of nitrogens with zero attached hydrogens (tertiary/aromatic N) is 2. The molecule has 1 aromatic heterocycles. The van der Waals surface area contributed by atoms with Crippen molar-refractivity contribution in [2.45, 2.75) is 45.0 Å². The highest BCUT2D eigenvalue weighted by Crippen LogP contribution is 2.05. The molecule has 2 atom stereocenters. The van der Waals surface area contributed by atoms with Gasteiger partial charge in [-0.15, -0.1) is 0 Å². The molecule has 0 radical (unpaired) electrons. The van der Waals surface area contributed by atoms with Crippen molar-refractivity contribution in [2.24, 2.45) is 0 Å². The predicted molar refractivity (Wildman–Crippen MR) is 72.4 cm³/mol. The normalized spacial score (nSPS) is 14.8. The number of rotatable bonds is 8. The van der Waals surface area contributed by atoms with E-state index in [0.717, 1.165) is 32.5 Å². The van der Waals surface area contributed by atoms with Crippen LogP contribution in [0.15, 0.2) is 12.5 Å². The number of aromatic nitrogens is 2. The Bertz CT molecular complexity index is 351. The van der Waals surface area contributed by atoms with Crippen LogP contribution in [0.25, 0.3) is 0 Å². The Balaban J connectivity index is 2.42. The summed E-state index contributed by atoms with van der Waals surface area (Å²) in [6, 6.07) is 0. The summed E-state index contributed by atoms with van der Waals surface area (Å²) in [5, 5.41) is 3.61. The molecule has 1 rings (SSSR count). The smallest absolute Gasteiger partial charge is 0.0948 e. The molecule has 0 aromatic carbocycles. The molecule has 0 fully saturated rings. The molecule has 0 aliphatic rings. The van der Waals surface area contributed by atoms with Crippen LogP contribution < -0.4 is 5.32 Å². The van der Waals surface area contributed by atoms with Crippen LogP contribution in [0.4, 0.5) is 0 Å². The summed E-state index contributed by atoms with van der Waals surface area (Å²) in [6.07, 6.45) is 7.59. The van der Waals surface area contributed by atoms with E-state index in [-0.39, 0.29) is 5.25 Å². The molecule has 2 unspecified atom stereocenters. The first-order valence-corrected chi connectivity index (χ1v) is 7.79. The second kappa shape index (κ2) is 7.61. The third-order valence-electron chi connectivity index (χ3n) is 2.87. The van der Waals surface area contributed by atoms with Crippen molar-refractivity contribution < 1.29 is 4.21 Å². The fourth-order valence-electron chi connectivity index (χ4n) is 1.58. The predicted octanol–water partition coefficient (Wildman–Crippen LogP) is 1.54. The lowest BCUT2D eigenvalue weighted by Gasteiger charge is -2.11. The quantitative estimate of drug-likeness (QED) is 0.719. The van der Waals surface area contributed by atoms with Gasteiger partial charge in [-0.1, -0.05) is 13.8 Å². The first-order chi connectivity index (χ1) is 8.15. The van der Waals surface area contributed by atoms with Crippen LogP contribution in [0.5, 0.6) is 0 Å². The van der Waals surface area contributed by atoms with Crippen LogP contribution in [0.1, 0.15) is 32.4 Å². The third kappa shape index (κ3) is 5.00. The zero-order chi connectivity index (χ0) is 12.7. The lowest BCUT2D eigenvalue weighted by atomic mass is 10.3. The van der Waals surface area contributed by atoms with Gasteiger partial charge in [0.2, 0.25) is 0 Å². The maximum atomic E-state index is 11.3. The number of nitrogens with one attached hydrogen (secondary N) is 1. The molecular weight excluding hydrogens is 234 g/mol. The SMILES string of the molecule is CCCNCc1cncn1CCC(C)S(C)=O. The zero-order valence-electron chi connectivity index (χ0n) is 11.0. The van der Waals surface area contributed by atoms with Gasteiger partial charge >= 0.3 is 0 Å². The zero-order valence-corrected chi connectivity index (χ0v) is 11.8. The number of hydrogen-bond donors (Lipinski definition) is 1. The van der Waals surface area contributed by atoms with Crippen LogP contribution >= 0.6 is 0 Å².